The molecule has 10 nitrogen and oxygen atoms in total. The van der Waals surface area contributed by atoms with Crippen LogP contribution in [-0.4, -0.2) is 127 Å². The van der Waals surface area contributed by atoms with Crippen molar-refractivity contribution < 1.29 is 44.3 Å². The van der Waals surface area contributed by atoms with E-state index in [-0.39, 0.29) is 50.6 Å². The van der Waals surface area contributed by atoms with Crippen molar-refractivity contribution in [2.45, 2.75) is 100 Å². The highest BCUT2D eigenvalue weighted by Gasteiger charge is 2.57. The van der Waals surface area contributed by atoms with Gasteiger partial charge in [0, 0.05) is 45.8 Å². The van der Waals surface area contributed by atoms with E-state index in [2.05, 4.69) is 21.5 Å². The zero-order valence-corrected chi connectivity index (χ0v) is 24.4. The Morgan fingerprint density at radius 3 is 2.20 bits per heavy atom. The predicted octanol–water partition coefficient (Wildman–Crippen LogP) is 2.37. The van der Waals surface area contributed by atoms with E-state index >= 15 is 0 Å². The molecule has 5 fully saturated rings. The van der Waals surface area contributed by atoms with Crippen LogP contribution in [0.15, 0.2) is 0 Å². The van der Waals surface area contributed by atoms with Crippen molar-refractivity contribution in [1.82, 2.24) is 41.3 Å². The summed E-state index contributed by atoms with van der Waals surface area (Å²) in [6, 6.07) is -3.89. The molecule has 4 heterocycles. The number of rotatable bonds is 7. The van der Waals surface area contributed by atoms with Gasteiger partial charge in [0.05, 0.1) is 24.2 Å². The number of nitrogens with one attached hydrogen (secondary N) is 5. The fourth-order valence-electron chi connectivity index (χ4n) is 7.46. The first kappa shape index (κ1) is 33.7. The fraction of sp³-hybridized carbons (Fsp3) is 0.960. The highest BCUT2D eigenvalue weighted by atomic mass is 19.4. The Hall–Kier alpha value is -1.64. The molecule has 19 heteroatoms. The van der Waals surface area contributed by atoms with Gasteiger partial charge in [-0.05, 0) is 38.5 Å². The number of alkyl halides is 9. The third-order valence-corrected chi connectivity index (χ3v) is 9.54. The Morgan fingerprint density at radius 2 is 1.61 bits per heavy atom. The molecule has 7 atom stereocenters. The molecule has 254 valence electrons. The number of hydrogen-bond acceptors (Lipinski definition) is 8. The van der Waals surface area contributed by atoms with Gasteiger partial charge >= 0.3 is 18.5 Å². The molecule has 44 heavy (non-hydrogen) atoms. The maximum atomic E-state index is 13.8. The number of nitrogens with zero attached hydrogens (tertiary/aromatic N) is 4. The summed E-state index contributed by atoms with van der Waals surface area (Å²) < 4.78 is 128. The number of likely N-dealkylation sites (N-methyl/N-ethyl adjacent to an activating group) is 1. The molecule has 0 aromatic heterocycles. The number of halogens is 9. The largest absolute Gasteiger partial charge is 0.406 e. The first-order valence-electron chi connectivity index (χ1n) is 14.9. The maximum absolute atomic E-state index is 13.8. The van der Waals surface area contributed by atoms with Gasteiger partial charge in [0.15, 0.2) is 5.96 Å². The number of hydrazine groups is 2. The van der Waals surface area contributed by atoms with E-state index in [0.29, 0.717) is 25.7 Å². The topological polar surface area (TPSA) is 94.2 Å². The molecule has 4 aliphatic heterocycles. The van der Waals surface area contributed by atoms with Gasteiger partial charge in [-0.2, -0.15) is 39.5 Å². The van der Waals surface area contributed by atoms with Crippen LogP contribution in [0.3, 0.4) is 0 Å². The lowest BCUT2D eigenvalue weighted by Gasteiger charge is -2.44. The van der Waals surface area contributed by atoms with E-state index in [9.17, 15) is 39.5 Å². The molecule has 5 N–H and O–H groups in total. The predicted molar refractivity (Wildman–Crippen MR) is 139 cm³/mol. The Labute approximate surface area is 249 Å². The summed E-state index contributed by atoms with van der Waals surface area (Å²) in [5.74, 6) is -2.16. The summed E-state index contributed by atoms with van der Waals surface area (Å²) >= 11 is 0. The van der Waals surface area contributed by atoms with Crippen LogP contribution >= 0.6 is 0 Å². The lowest BCUT2D eigenvalue weighted by molar-refractivity contribution is -0.180. The van der Waals surface area contributed by atoms with Crippen molar-refractivity contribution in [1.29, 1.82) is 5.41 Å². The normalized spacial score (nSPS) is 38.2. The molecule has 0 aromatic carbocycles. The average molecular weight is 654 g/mol. The minimum absolute atomic E-state index is 0.0568. The molecule has 0 bridgehead atoms. The first-order valence-corrected chi connectivity index (χ1v) is 14.9. The van der Waals surface area contributed by atoms with Crippen LogP contribution in [0.1, 0.15) is 39.0 Å². The Bertz CT molecular complexity index is 1010. The van der Waals surface area contributed by atoms with E-state index in [1.807, 2.05) is 0 Å². The third kappa shape index (κ3) is 7.02. The second-order valence-corrected chi connectivity index (χ2v) is 12.3. The summed E-state index contributed by atoms with van der Waals surface area (Å²) in [7, 11) is 1.48. The summed E-state index contributed by atoms with van der Waals surface area (Å²) in [5.41, 5.74) is 5.26. The van der Waals surface area contributed by atoms with Crippen LogP contribution in [0, 0.1) is 17.2 Å². The van der Waals surface area contributed by atoms with Crippen LogP contribution in [0.4, 0.5) is 39.5 Å². The van der Waals surface area contributed by atoms with Crippen molar-refractivity contribution in [3.63, 3.8) is 0 Å². The standard InChI is InChI=1S/C25H40F9N9O/c1-3-44-18-8-17(25(32,33)34)39-43(18)14-6-4-13(5-7-14)11-41-21-16(42(22(41)35)12-23(26,27)28)10-36-20(38-21)19-15(24(29,30)31)9-37-40(19)2/h13-21,35-39H,3-12H2,1-2H3. The van der Waals surface area contributed by atoms with Gasteiger partial charge in [0.2, 0.25) is 0 Å². The van der Waals surface area contributed by atoms with Crippen molar-refractivity contribution in [3.8, 4) is 0 Å². The van der Waals surface area contributed by atoms with Gasteiger partial charge in [0.25, 0.3) is 0 Å². The van der Waals surface area contributed by atoms with E-state index in [1.54, 1.807) is 11.9 Å². The number of hydrogen-bond donors (Lipinski definition) is 5. The number of guanidine groups is 1. The molecule has 0 amide bonds. The zero-order chi connectivity index (χ0) is 32.2. The summed E-state index contributed by atoms with van der Waals surface area (Å²) in [6.45, 7) is 0.381. The van der Waals surface area contributed by atoms with Gasteiger partial charge in [-0.1, -0.05) is 0 Å². The average Bonchev–Trinajstić information content (AvgIpc) is 3.59. The van der Waals surface area contributed by atoms with Crippen molar-refractivity contribution in [2.24, 2.45) is 11.8 Å². The summed E-state index contributed by atoms with van der Waals surface area (Å²) in [4.78, 5) is 2.44. The van der Waals surface area contributed by atoms with E-state index in [0.717, 1.165) is 4.90 Å². The fourth-order valence-corrected chi connectivity index (χ4v) is 7.46. The molecule has 5 rings (SSSR count). The number of fused-ring (bicyclic) bond motifs is 1. The minimum atomic E-state index is -4.60. The van der Waals surface area contributed by atoms with Gasteiger partial charge in [-0.3, -0.25) is 21.5 Å². The molecule has 0 spiro atoms. The second-order valence-electron chi connectivity index (χ2n) is 12.3. The monoisotopic (exact) mass is 653 g/mol. The molecule has 0 aromatic rings. The first-order chi connectivity index (χ1) is 20.5. The molecule has 0 radical (unpaired) electrons. The molecular weight excluding hydrogens is 613 g/mol. The minimum Gasteiger partial charge on any atom is -0.362 e. The Balaban J connectivity index is 1.27. The Morgan fingerprint density at radius 1 is 0.932 bits per heavy atom. The van der Waals surface area contributed by atoms with Crippen LogP contribution in [0.5, 0.6) is 0 Å². The van der Waals surface area contributed by atoms with E-state index in [4.69, 9.17) is 10.1 Å². The molecular formula is C25H40F9N9O. The quantitative estimate of drug-likeness (QED) is 0.266. The zero-order valence-electron chi connectivity index (χ0n) is 24.4. The van der Waals surface area contributed by atoms with Crippen LogP contribution in [0.25, 0.3) is 0 Å². The number of ether oxygens (including phenoxy) is 1. The van der Waals surface area contributed by atoms with Gasteiger partial charge in [0.1, 0.15) is 25.0 Å². The maximum Gasteiger partial charge on any atom is 0.406 e. The molecule has 4 saturated heterocycles. The van der Waals surface area contributed by atoms with Gasteiger partial charge in [-0.15, -0.1) is 0 Å². The van der Waals surface area contributed by atoms with Crippen molar-refractivity contribution in [3.05, 3.63) is 0 Å². The lowest BCUT2D eigenvalue weighted by Crippen LogP contribution is -2.71. The van der Waals surface area contributed by atoms with E-state index in [1.165, 1.54) is 17.0 Å². The highest BCUT2D eigenvalue weighted by molar-refractivity contribution is 5.80. The van der Waals surface area contributed by atoms with Crippen molar-refractivity contribution >= 4 is 5.96 Å². The summed E-state index contributed by atoms with van der Waals surface area (Å²) in [6.07, 6.45) is -14.2. The summed E-state index contributed by atoms with van der Waals surface area (Å²) in [5, 5.41) is 17.6. The van der Waals surface area contributed by atoms with Crippen LogP contribution in [0.2, 0.25) is 0 Å². The van der Waals surface area contributed by atoms with Crippen LogP contribution < -0.4 is 21.5 Å². The van der Waals surface area contributed by atoms with E-state index < -0.39 is 67.7 Å². The molecule has 1 saturated carbocycles. The molecule has 5 aliphatic rings. The highest BCUT2D eigenvalue weighted by Crippen LogP contribution is 2.38. The SMILES string of the molecule is CCOC1CC(C(F)(F)F)NN1C1CCC(CN2C(=N)N(CC(F)(F)F)C3CNC(C4C(C(F)(F)F)CNN4C)NC32)CC1. The smallest absolute Gasteiger partial charge is 0.362 e. The van der Waals surface area contributed by atoms with Gasteiger partial charge < -0.3 is 14.5 Å². The lowest BCUT2D eigenvalue weighted by atomic mass is 9.85. The molecule has 1 aliphatic carbocycles. The van der Waals surface area contributed by atoms with Crippen molar-refractivity contribution in [2.75, 3.05) is 39.8 Å². The van der Waals surface area contributed by atoms with Crippen LogP contribution in [-0.2, 0) is 4.74 Å². The Kier molecular flexibility index (Phi) is 9.59. The molecule has 7 unspecified atom stereocenters. The second kappa shape index (κ2) is 12.5. The van der Waals surface area contributed by atoms with Gasteiger partial charge in [-0.25, -0.2) is 15.4 Å². The third-order valence-electron chi connectivity index (χ3n) is 9.54.